The summed E-state index contributed by atoms with van der Waals surface area (Å²) in [6.45, 7) is -0.114. The molecule has 1 heterocycles. The molecule has 124 valence electrons. The van der Waals surface area contributed by atoms with Crippen molar-refractivity contribution in [1.82, 2.24) is 14.1 Å². The van der Waals surface area contributed by atoms with Crippen molar-refractivity contribution >= 4 is 16.0 Å². The Labute approximate surface area is 134 Å². The number of nitrogens with zero attached hydrogens (tertiary/aromatic N) is 3. The van der Waals surface area contributed by atoms with Gasteiger partial charge in [-0.2, -0.15) is 5.10 Å². The van der Waals surface area contributed by atoms with Gasteiger partial charge in [0.25, 0.3) is 0 Å². The first kappa shape index (κ1) is 17.0. The van der Waals surface area contributed by atoms with Crippen LogP contribution in [0.5, 0.6) is 5.75 Å². The van der Waals surface area contributed by atoms with E-state index in [1.807, 2.05) is 0 Å². The lowest BCUT2D eigenvalue weighted by Gasteiger charge is -2.14. The summed E-state index contributed by atoms with van der Waals surface area (Å²) in [4.78, 5) is 10.6. The number of ether oxygens (including phenoxy) is 1. The van der Waals surface area contributed by atoms with Gasteiger partial charge < -0.3 is 9.84 Å². The van der Waals surface area contributed by atoms with Gasteiger partial charge in [-0.3, -0.25) is 4.79 Å². The van der Waals surface area contributed by atoms with Crippen LogP contribution in [0.2, 0.25) is 0 Å². The maximum absolute atomic E-state index is 12.4. The Morgan fingerprint density at radius 1 is 1.39 bits per heavy atom. The van der Waals surface area contributed by atoms with Gasteiger partial charge in [0, 0.05) is 13.6 Å². The zero-order chi connectivity index (χ0) is 17.0. The predicted molar refractivity (Wildman–Crippen MR) is 82.2 cm³/mol. The molecule has 0 saturated carbocycles. The molecule has 2 aromatic rings. The zero-order valence-electron chi connectivity index (χ0n) is 12.7. The third-order valence-electron chi connectivity index (χ3n) is 3.24. The fraction of sp³-hybridized carbons (Fsp3) is 0.286. The number of aliphatic carboxylic acids is 1. The van der Waals surface area contributed by atoms with Crippen LogP contribution < -0.4 is 4.74 Å². The average Bonchev–Trinajstić information content (AvgIpc) is 3.02. The van der Waals surface area contributed by atoms with Gasteiger partial charge in [0.05, 0.1) is 25.9 Å². The SMILES string of the molecule is COc1ccccc1-n1cc(S(=O)(=O)N(C)CCC(=O)O)cn1. The molecule has 0 aliphatic heterocycles. The first-order valence-corrected chi connectivity index (χ1v) is 8.16. The molecule has 0 saturated heterocycles. The molecule has 8 nitrogen and oxygen atoms in total. The highest BCUT2D eigenvalue weighted by Gasteiger charge is 2.23. The monoisotopic (exact) mass is 339 g/mol. The molecule has 9 heteroatoms. The number of carboxylic acid groups (broad SMARTS) is 1. The first-order valence-electron chi connectivity index (χ1n) is 6.72. The van der Waals surface area contributed by atoms with Crippen molar-refractivity contribution < 1.29 is 23.1 Å². The van der Waals surface area contributed by atoms with E-state index in [1.165, 1.54) is 31.2 Å². The second-order valence-electron chi connectivity index (χ2n) is 4.76. The summed E-state index contributed by atoms with van der Waals surface area (Å²) in [7, 11) is -0.950. The van der Waals surface area contributed by atoms with E-state index in [0.717, 1.165) is 4.31 Å². The largest absolute Gasteiger partial charge is 0.494 e. The highest BCUT2D eigenvalue weighted by Crippen LogP contribution is 2.23. The number of carbonyl (C=O) groups is 1. The summed E-state index contributed by atoms with van der Waals surface area (Å²) in [6, 6.07) is 7.07. The van der Waals surface area contributed by atoms with Crippen molar-refractivity contribution in [3.05, 3.63) is 36.7 Å². The highest BCUT2D eigenvalue weighted by atomic mass is 32.2. The van der Waals surface area contributed by atoms with Gasteiger partial charge in [0.1, 0.15) is 16.3 Å². The van der Waals surface area contributed by atoms with E-state index in [4.69, 9.17) is 9.84 Å². The number of hydrogen-bond acceptors (Lipinski definition) is 5. The van der Waals surface area contributed by atoms with Gasteiger partial charge in [-0.15, -0.1) is 0 Å². The minimum absolute atomic E-state index is 0.0173. The van der Waals surface area contributed by atoms with Crippen LogP contribution >= 0.6 is 0 Å². The van der Waals surface area contributed by atoms with E-state index in [2.05, 4.69) is 5.10 Å². The number of benzene rings is 1. The standard InChI is InChI=1S/C14H17N3O5S/c1-16(8-7-14(18)19)23(20,21)11-9-15-17(10-11)12-5-3-4-6-13(12)22-2/h3-6,9-10H,7-8H2,1-2H3,(H,18,19). The maximum atomic E-state index is 12.4. The van der Waals surface area contributed by atoms with Crippen LogP contribution in [0.1, 0.15) is 6.42 Å². The van der Waals surface area contributed by atoms with Crippen LogP contribution in [0.3, 0.4) is 0 Å². The number of sulfonamides is 1. The quantitative estimate of drug-likeness (QED) is 0.807. The van der Waals surface area contributed by atoms with E-state index in [9.17, 15) is 13.2 Å². The van der Waals surface area contributed by atoms with Crippen LogP contribution in [0.4, 0.5) is 0 Å². The molecule has 0 atom stereocenters. The molecule has 0 radical (unpaired) electrons. The Kier molecular flexibility index (Phi) is 5.02. The minimum atomic E-state index is -3.80. The second-order valence-corrected chi connectivity index (χ2v) is 6.81. The molecule has 0 amide bonds. The molecule has 23 heavy (non-hydrogen) atoms. The Morgan fingerprint density at radius 3 is 2.74 bits per heavy atom. The minimum Gasteiger partial charge on any atom is -0.494 e. The molecule has 0 aliphatic rings. The van der Waals surface area contributed by atoms with Crippen molar-refractivity contribution in [3.8, 4) is 11.4 Å². The Morgan fingerprint density at radius 2 is 2.09 bits per heavy atom. The van der Waals surface area contributed by atoms with Crippen LogP contribution in [-0.4, -0.2) is 54.3 Å². The number of hydrogen-bond donors (Lipinski definition) is 1. The summed E-state index contributed by atoms with van der Waals surface area (Å²) in [5.41, 5.74) is 0.602. The van der Waals surface area contributed by atoms with E-state index in [-0.39, 0.29) is 17.9 Å². The Hall–Kier alpha value is -2.39. The van der Waals surface area contributed by atoms with Crippen molar-refractivity contribution in [2.75, 3.05) is 20.7 Å². The van der Waals surface area contributed by atoms with Crippen LogP contribution in [0.15, 0.2) is 41.6 Å². The Bertz CT molecular complexity index is 800. The number of rotatable bonds is 7. The summed E-state index contributed by atoms with van der Waals surface area (Å²) < 4.78 is 32.4. The molecule has 1 aromatic heterocycles. The van der Waals surface area contributed by atoms with Gasteiger partial charge in [-0.05, 0) is 12.1 Å². The van der Waals surface area contributed by atoms with E-state index in [1.54, 1.807) is 24.3 Å². The molecule has 1 N–H and O–H groups in total. The summed E-state index contributed by atoms with van der Waals surface area (Å²) in [5.74, 6) is -0.504. The third kappa shape index (κ3) is 3.69. The highest BCUT2D eigenvalue weighted by molar-refractivity contribution is 7.89. The average molecular weight is 339 g/mol. The number of para-hydroxylation sites is 2. The smallest absolute Gasteiger partial charge is 0.304 e. The van der Waals surface area contributed by atoms with Gasteiger partial charge in [-0.25, -0.2) is 17.4 Å². The summed E-state index contributed by atoms with van der Waals surface area (Å²) in [5, 5.41) is 12.7. The molecular weight excluding hydrogens is 322 g/mol. The van der Waals surface area contributed by atoms with Crippen LogP contribution in [-0.2, 0) is 14.8 Å². The third-order valence-corrected chi connectivity index (χ3v) is 5.05. The van der Waals surface area contributed by atoms with E-state index < -0.39 is 16.0 Å². The number of aromatic nitrogens is 2. The lowest BCUT2D eigenvalue weighted by atomic mass is 10.3. The van der Waals surface area contributed by atoms with Crippen LogP contribution in [0.25, 0.3) is 5.69 Å². The van der Waals surface area contributed by atoms with Crippen molar-refractivity contribution in [2.24, 2.45) is 0 Å². The maximum Gasteiger partial charge on any atom is 0.304 e. The van der Waals surface area contributed by atoms with Gasteiger partial charge in [0.15, 0.2) is 0 Å². The van der Waals surface area contributed by atoms with Gasteiger partial charge >= 0.3 is 5.97 Å². The lowest BCUT2D eigenvalue weighted by molar-refractivity contribution is -0.137. The number of methoxy groups -OCH3 is 1. The summed E-state index contributed by atoms with van der Waals surface area (Å²) >= 11 is 0. The molecule has 1 aromatic carbocycles. The molecule has 2 rings (SSSR count). The van der Waals surface area contributed by atoms with Crippen molar-refractivity contribution in [2.45, 2.75) is 11.3 Å². The fourth-order valence-corrected chi connectivity index (χ4v) is 3.05. The molecular formula is C14H17N3O5S. The summed E-state index contributed by atoms with van der Waals surface area (Å²) in [6.07, 6.45) is 2.32. The fourth-order valence-electron chi connectivity index (χ4n) is 1.94. The van der Waals surface area contributed by atoms with E-state index >= 15 is 0 Å². The molecule has 0 unspecified atom stereocenters. The van der Waals surface area contributed by atoms with Crippen molar-refractivity contribution in [3.63, 3.8) is 0 Å². The predicted octanol–water partition coefficient (Wildman–Crippen LogP) is 0.976. The van der Waals surface area contributed by atoms with Crippen LogP contribution in [0, 0.1) is 0 Å². The van der Waals surface area contributed by atoms with Gasteiger partial charge in [0.2, 0.25) is 10.0 Å². The molecule has 0 bridgehead atoms. The zero-order valence-corrected chi connectivity index (χ0v) is 13.5. The van der Waals surface area contributed by atoms with Gasteiger partial charge in [-0.1, -0.05) is 12.1 Å². The first-order chi connectivity index (χ1) is 10.9. The molecule has 0 spiro atoms. The topological polar surface area (TPSA) is 102 Å². The Balaban J connectivity index is 2.29. The lowest BCUT2D eigenvalue weighted by Crippen LogP contribution is -2.29. The van der Waals surface area contributed by atoms with E-state index in [0.29, 0.717) is 11.4 Å². The number of carboxylic acids is 1. The normalized spacial score (nSPS) is 11.6. The van der Waals surface area contributed by atoms with Crippen molar-refractivity contribution in [1.29, 1.82) is 0 Å². The molecule has 0 aliphatic carbocycles. The molecule has 0 fully saturated rings. The second kappa shape index (κ2) is 6.80.